The Morgan fingerprint density at radius 1 is 1.22 bits per heavy atom. The van der Waals surface area contributed by atoms with Crippen LogP contribution in [0, 0.1) is 11.8 Å². The summed E-state index contributed by atoms with van der Waals surface area (Å²) in [4.78, 5) is 23.3. The monoisotopic (exact) mass is 434 g/mol. The van der Waals surface area contributed by atoms with Crippen LogP contribution in [-0.4, -0.2) is 52.0 Å². The highest BCUT2D eigenvalue weighted by Crippen LogP contribution is 2.41. The van der Waals surface area contributed by atoms with Gasteiger partial charge in [0.05, 0.1) is 28.6 Å². The van der Waals surface area contributed by atoms with E-state index < -0.39 is 30.1 Å². The van der Waals surface area contributed by atoms with E-state index in [4.69, 9.17) is 14.6 Å². The number of aliphatic carboxylic acids is 1. The second-order valence-electron chi connectivity index (χ2n) is 5.55. The van der Waals surface area contributed by atoms with Crippen molar-refractivity contribution in [3.63, 3.8) is 0 Å². The molecule has 5 atom stereocenters. The number of esters is 1. The Labute approximate surface area is 147 Å². The number of aliphatic hydroxyl groups excluding tert-OH is 1. The summed E-state index contributed by atoms with van der Waals surface area (Å²) in [6.07, 6.45) is -1.64. The Balaban J connectivity index is 2.17. The minimum atomic E-state index is -0.992. The topological polar surface area (TPSA) is 93.1 Å². The van der Waals surface area contributed by atoms with Gasteiger partial charge < -0.3 is 19.7 Å². The smallest absolute Gasteiger partial charge is 0.338 e. The third-order valence-electron chi connectivity index (χ3n) is 4.07. The number of aliphatic hydroxyl groups is 1. The van der Waals surface area contributed by atoms with Crippen LogP contribution in [0.5, 0.6) is 0 Å². The fourth-order valence-electron chi connectivity index (χ4n) is 2.97. The number of methoxy groups -OCH3 is 1. The predicted molar refractivity (Wildman–Crippen MR) is 90.6 cm³/mol. The molecule has 1 aliphatic carbocycles. The molecule has 0 bridgehead atoms. The number of halogens is 1. The van der Waals surface area contributed by atoms with Crippen molar-refractivity contribution in [2.75, 3.05) is 13.7 Å². The standard InChI is InChI=1S/C16H19IO6/c1-22-8-11-10(7-12(18)19)14(20)13(17)15(11)23-16(21)9-5-3-2-4-6-9/h2-6,10-11,13-15,20H,7-8H2,1H3,(H,18,19)/t10-,11-,13?,14-,15+/m0/s1. The van der Waals surface area contributed by atoms with Crippen LogP contribution in [0.25, 0.3) is 0 Å². The molecular formula is C16H19IO6. The van der Waals surface area contributed by atoms with Crippen LogP contribution in [0.1, 0.15) is 16.8 Å². The highest BCUT2D eigenvalue weighted by molar-refractivity contribution is 14.1. The molecule has 2 rings (SSSR count). The van der Waals surface area contributed by atoms with Crippen molar-refractivity contribution in [1.29, 1.82) is 0 Å². The second-order valence-corrected chi connectivity index (χ2v) is 6.99. The lowest BCUT2D eigenvalue weighted by molar-refractivity contribution is -0.139. The molecule has 1 saturated carbocycles. The Morgan fingerprint density at radius 2 is 1.87 bits per heavy atom. The van der Waals surface area contributed by atoms with Gasteiger partial charge in [0.15, 0.2) is 0 Å². The molecule has 0 amide bonds. The molecule has 1 aliphatic rings. The fourth-order valence-corrected chi connectivity index (χ4v) is 4.18. The third kappa shape index (κ3) is 4.21. The molecule has 1 aromatic carbocycles. The van der Waals surface area contributed by atoms with E-state index >= 15 is 0 Å². The Morgan fingerprint density at radius 3 is 2.43 bits per heavy atom. The van der Waals surface area contributed by atoms with Crippen molar-refractivity contribution in [3.8, 4) is 0 Å². The maximum absolute atomic E-state index is 12.3. The first-order valence-corrected chi connectivity index (χ1v) is 8.49. The summed E-state index contributed by atoms with van der Waals surface area (Å²) in [5.74, 6) is -2.35. The van der Waals surface area contributed by atoms with Gasteiger partial charge in [-0.05, 0) is 12.1 Å². The van der Waals surface area contributed by atoms with E-state index in [9.17, 15) is 14.7 Å². The quantitative estimate of drug-likeness (QED) is 0.403. The van der Waals surface area contributed by atoms with Crippen LogP contribution in [0.3, 0.4) is 0 Å². The van der Waals surface area contributed by atoms with E-state index in [0.29, 0.717) is 5.56 Å². The molecule has 6 nitrogen and oxygen atoms in total. The summed E-state index contributed by atoms with van der Waals surface area (Å²) < 4.78 is 10.3. The number of carbonyl (C=O) groups is 2. The van der Waals surface area contributed by atoms with Crippen molar-refractivity contribution in [2.24, 2.45) is 11.8 Å². The number of rotatable bonds is 6. The van der Waals surface area contributed by atoms with E-state index in [1.807, 2.05) is 22.6 Å². The number of hydrogen-bond acceptors (Lipinski definition) is 5. The van der Waals surface area contributed by atoms with Gasteiger partial charge in [0.2, 0.25) is 0 Å². The minimum absolute atomic E-state index is 0.186. The number of carboxylic acids is 1. The summed E-state index contributed by atoms with van der Waals surface area (Å²) in [7, 11) is 1.50. The number of benzene rings is 1. The molecule has 0 saturated heterocycles. The van der Waals surface area contributed by atoms with Crippen LogP contribution in [0.2, 0.25) is 0 Å². The van der Waals surface area contributed by atoms with Gasteiger partial charge in [-0.15, -0.1) is 0 Å². The summed E-state index contributed by atoms with van der Waals surface area (Å²) in [6.45, 7) is 0.223. The van der Waals surface area contributed by atoms with Crippen molar-refractivity contribution < 1.29 is 29.3 Å². The zero-order valence-corrected chi connectivity index (χ0v) is 14.8. The zero-order valence-electron chi connectivity index (χ0n) is 12.6. The lowest BCUT2D eigenvalue weighted by Crippen LogP contribution is -2.33. The van der Waals surface area contributed by atoms with Crippen molar-refractivity contribution >= 4 is 34.5 Å². The van der Waals surface area contributed by atoms with Gasteiger partial charge in [0.1, 0.15) is 6.10 Å². The van der Waals surface area contributed by atoms with Gasteiger partial charge in [-0.1, -0.05) is 40.8 Å². The van der Waals surface area contributed by atoms with Crippen molar-refractivity contribution in [1.82, 2.24) is 0 Å². The van der Waals surface area contributed by atoms with Gasteiger partial charge >= 0.3 is 11.9 Å². The van der Waals surface area contributed by atoms with E-state index in [0.717, 1.165) is 0 Å². The first kappa shape index (κ1) is 18.2. The summed E-state index contributed by atoms with van der Waals surface area (Å²) >= 11 is 2.01. The average Bonchev–Trinajstić information content (AvgIpc) is 2.74. The number of carbonyl (C=O) groups excluding carboxylic acids is 1. The highest BCUT2D eigenvalue weighted by atomic mass is 127. The molecule has 126 valence electrons. The number of hydrogen-bond donors (Lipinski definition) is 2. The molecule has 0 spiro atoms. The molecule has 1 fully saturated rings. The Hall–Kier alpha value is -1.19. The number of alkyl halides is 1. The predicted octanol–water partition coefficient (Wildman–Crippen LogP) is 1.74. The maximum atomic E-state index is 12.3. The first-order chi connectivity index (χ1) is 11.0. The molecule has 1 aromatic rings. The van der Waals surface area contributed by atoms with Gasteiger partial charge in [-0.2, -0.15) is 0 Å². The van der Waals surface area contributed by atoms with Gasteiger partial charge in [-0.3, -0.25) is 4.79 Å². The van der Waals surface area contributed by atoms with Crippen LogP contribution in [-0.2, 0) is 14.3 Å². The zero-order chi connectivity index (χ0) is 17.0. The van der Waals surface area contributed by atoms with E-state index in [1.54, 1.807) is 30.3 Å². The Kier molecular flexibility index (Phi) is 6.37. The lowest BCUT2D eigenvalue weighted by atomic mass is 9.91. The summed E-state index contributed by atoms with van der Waals surface area (Å²) in [6, 6.07) is 8.57. The van der Waals surface area contributed by atoms with Crippen LogP contribution in [0.15, 0.2) is 30.3 Å². The molecule has 1 unspecified atom stereocenters. The van der Waals surface area contributed by atoms with Gasteiger partial charge in [0, 0.05) is 18.9 Å². The van der Waals surface area contributed by atoms with Crippen molar-refractivity contribution in [3.05, 3.63) is 35.9 Å². The highest BCUT2D eigenvalue weighted by Gasteiger charge is 2.51. The molecule has 0 aliphatic heterocycles. The molecule has 0 aromatic heterocycles. The third-order valence-corrected chi connectivity index (χ3v) is 5.52. The molecule has 23 heavy (non-hydrogen) atoms. The number of carboxylic acid groups (broad SMARTS) is 1. The minimum Gasteiger partial charge on any atom is -0.481 e. The van der Waals surface area contributed by atoms with Crippen molar-refractivity contribution in [2.45, 2.75) is 22.6 Å². The molecular weight excluding hydrogens is 415 g/mol. The normalized spacial score (nSPS) is 30.1. The second kappa shape index (κ2) is 8.07. The number of ether oxygens (including phenoxy) is 2. The first-order valence-electron chi connectivity index (χ1n) is 7.24. The maximum Gasteiger partial charge on any atom is 0.338 e. The molecule has 0 radical (unpaired) electrons. The van der Waals surface area contributed by atoms with E-state index in [-0.39, 0.29) is 22.9 Å². The largest absolute Gasteiger partial charge is 0.481 e. The Bertz CT molecular complexity index is 549. The van der Waals surface area contributed by atoms with Crippen LogP contribution in [0.4, 0.5) is 0 Å². The van der Waals surface area contributed by atoms with Gasteiger partial charge in [-0.25, -0.2) is 4.79 Å². The average molecular weight is 434 g/mol. The molecule has 2 N–H and O–H groups in total. The van der Waals surface area contributed by atoms with Crippen LogP contribution >= 0.6 is 22.6 Å². The van der Waals surface area contributed by atoms with E-state index in [1.165, 1.54) is 7.11 Å². The molecule has 0 heterocycles. The SMILES string of the molecule is COC[C@H]1[C@H](CC(=O)O)[C@H](O)C(I)[C@@H]1OC(=O)c1ccccc1. The summed E-state index contributed by atoms with van der Waals surface area (Å²) in [5, 5.41) is 19.4. The van der Waals surface area contributed by atoms with Crippen LogP contribution < -0.4 is 0 Å². The van der Waals surface area contributed by atoms with Gasteiger partial charge in [0.25, 0.3) is 0 Å². The lowest BCUT2D eigenvalue weighted by Gasteiger charge is -2.24. The molecule has 7 heteroatoms. The fraction of sp³-hybridized carbons (Fsp3) is 0.500. The summed E-state index contributed by atoms with van der Waals surface area (Å²) in [5.41, 5.74) is 0.420. The van der Waals surface area contributed by atoms with E-state index in [2.05, 4.69) is 0 Å².